The fourth-order valence-corrected chi connectivity index (χ4v) is 3.91. The summed E-state index contributed by atoms with van der Waals surface area (Å²) in [6.07, 6.45) is -1.81. The zero-order valence-electron chi connectivity index (χ0n) is 11.7. The molecule has 21 heavy (non-hydrogen) atoms. The molecule has 114 valence electrons. The molecule has 0 aliphatic heterocycles. The van der Waals surface area contributed by atoms with Crippen molar-refractivity contribution in [3.63, 3.8) is 0 Å². The highest BCUT2D eigenvalue weighted by atomic mass is 32.1. The summed E-state index contributed by atoms with van der Waals surface area (Å²) in [5.74, 6) is -1.25. The van der Waals surface area contributed by atoms with Crippen molar-refractivity contribution in [1.29, 1.82) is 0 Å². The highest BCUT2D eigenvalue weighted by Gasteiger charge is 2.45. The summed E-state index contributed by atoms with van der Waals surface area (Å²) in [5.41, 5.74) is 1.66. The number of hydrogen-bond acceptors (Lipinski definition) is 3. The van der Waals surface area contributed by atoms with Gasteiger partial charge in [0.1, 0.15) is 0 Å². The van der Waals surface area contributed by atoms with E-state index in [4.69, 9.17) is 0 Å². The molecule has 0 amide bonds. The number of aromatic nitrogens is 1. The Kier molecular flexibility index (Phi) is 3.82. The van der Waals surface area contributed by atoms with Gasteiger partial charge in [0, 0.05) is 11.7 Å². The highest BCUT2D eigenvalue weighted by Crippen LogP contribution is 2.39. The molecule has 1 aromatic heterocycles. The van der Waals surface area contributed by atoms with Gasteiger partial charge in [-0.25, -0.2) is 4.98 Å². The Morgan fingerprint density at radius 3 is 2.76 bits per heavy atom. The molecule has 0 spiro atoms. The van der Waals surface area contributed by atoms with E-state index in [-0.39, 0.29) is 6.42 Å². The summed E-state index contributed by atoms with van der Waals surface area (Å²) in [6.45, 7) is 1.93. The number of alkyl halides is 3. The predicted octanol–water partition coefficient (Wildman–Crippen LogP) is 5.14. The van der Waals surface area contributed by atoms with Crippen LogP contribution in [0.4, 0.5) is 18.9 Å². The van der Waals surface area contributed by atoms with E-state index in [0.29, 0.717) is 12.8 Å². The number of halogens is 3. The van der Waals surface area contributed by atoms with Crippen LogP contribution in [-0.2, 0) is 0 Å². The molecule has 1 aliphatic carbocycles. The minimum absolute atomic E-state index is 0.225. The lowest BCUT2D eigenvalue weighted by molar-refractivity contribution is -0.184. The number of thiazole rings is 1. The first-order chi connectivity index (χ1) is 9.93. The molecule has 1 saturated carbocycles. The topological polar surface area (TPSA) is 24.9 Å². The monoisotopic (exact) mass is 314 g/mol. The van der Waals surface area contributed by atoms with Crippen molar-refractivity contribution in [2.45, 2.75) is 44.8 Å². The van der Waals surface area contributed by atoms with E-state index in [9.17, 15) is 13.2 Å². The number of rotatable bonds is 2. The second-order valence-electron chi connectivity index (χ2n) is 5.60. The summed E-state index contributed by atoms with van der Waals surface area (Å²) in [5, 5.41) is 4.06. The van der Waals surface area contributed by atoms with E-state index in [0.717, 1.165) is 27.3 Å². The van der Waals surface area contributed by atoms with Crippen molar-refractivity contribution in [3.8, 4) is 0 Å². The SMILES string of the molecule is Cc1nc2ccc(NC3CCCCC3C(F)(F)F)cc2s1. The molecule has 1 fully saturated rings. The lowest BCUT2D eigenvalue weighted by Crippen LogP contribution is -2.41. The van der Waals surface area contributed by atoms with Gasteiger partial charge in [0.15, 0.2) is 0 Å². The van der Waals surface area contributed by atoms with Crippen LogP contribution in [0.15, 0.2) is 18.2 Å². The molecular formula is C15H17F3N2S. The number of nitrogens with one attached hydrogen (secondary N) is 1. The molecule has 3 rings (SSSR count). The first-order valence-corrected chi connectivity index (χ1v) is 7.95. The molecular weight excluding hydrogens is 297 g/mol. The molecule has 1 N–H and O–H groups in total. The van der Waals surface area contributed by atoms with Crippen molar-refractivity contribution in [2.75, 3.05) is 5.32 Å². The fourth-order valence-electron chi connectivity index (χ4n) is 3.04. The van der Waals surface area contributed by atoms with Gasteiger partial charge in [-0.05, 0) is 38.0 Å². The standard InChI is InChI=1S/C15H17F3N2S/c1-9-19-13-7-6-10(8-14(13)21-9)20-12-5-3-2-4-11(12)15(16,17)18/h6-8,11-12,20H,2-5H2,1H3. The summed E-state index contributed by atoms with van der Waals surface area (Å²) < 4.78 is 40.3. The molecule has 1 aromatic carbocycles. The van der Waals surface area contributed by atoms with E-state index in [2.05, 4.69) is 10.3 Å². The van der Waals surface area contributed by atoms with Gasteiger partial charge in [0.05, 0.1) is 21.1 Å². The van der Waals surface area contributed by atoms with Gasteiger partial charge >= 0.3 is 6.18 Å². The van der Waals surface area contributed by atoms with Crippen LogP contribution in [0.5, 0.6) is 0 Å². The molecule has 2 aromatic rings. The van der Waals surface area contributed by atoms with E-state index in [1.807, 2.05) is 25.1 Å². The lowest BCUT2D eigenvalue weighted by Gasteiger charge is -2.34. The van der Waals surface area contributed by atoms with Gasteiger partial charge in [-0.1, -0.05) is 12.8 Å². The van der Waals surface area contributed by atoms with E-state index in [1.54, 1.807) is 11.3 Å². The fraction of sp³-hybridized carbons (Fsp3) is 0.533. The molecule has 1 heterocycles. The largest absolute Gasteiger partial charge is 0.393 e. The third-order valence-electron chi connectivity index (χ3n) is 4.03. The number of nitrogens with zero attached hydrogens (tertiary/aromatic N) is 1. The third kappa shape index (κ3) is 3.15. The minimum atomic E-state index is -4.12. The van der Waals surface area contributed by atoms with Crippen LogP contribution in [0.25, 0.3) is 10.2 Å². The Morgan fingerprint density at radius 1 is 1.24 bits per heavy atom. The molecule has 2 unspecified atom stereocenters. The zero-order valence-corrected chi connectivity index (χ0v) is 12.5. The molecule has 0 radical (unpaired) electrons. The summed E-state index contributed by atoms with van der Waals surface area (Å²) >= 11 is 1.56. The lowest BCUT2D eigenvalue weighted by atomic mass is 9.84. The minimum Gasteiger partial charge on any atom is -0.382 e. The van der Waals surface area contributed by atoms with Gasteiger partial charge in [0.25, 0.3) is 0 Å². The second-order valence-corrected chi connectivity index (χ2v) is 6.83. The number of aryl methyl sites for hydroxylation is 1. The van der Waals surface area contributed by atoms with Gasteiger partial charge in [-0.2, -0.15) is 13.2 Å². The van der Waals surface area contributed by atoms with Crippen LogP contribution in [0, 0.1) is 12.8 Å². The molecule has 0 saturated heterocycles. The van der Waals surface area contributed by atoms with E-state index in [1.165, 1.54) is 0 Å². The number of benzene rings is 1. The van der Waals surface area contributed by atoms with Crippen LogP contribution in [0.1, 0.15) is 30.7 Å². The summed E-state index contributed by atoms with van der Waals surface area (Å²) in [6, 6.07) is 5.07. The first kappa shape index (κ1) is 14.6. The van der Waals surface area contributed by atoms with Crippen molar-refractivity contribution in [1.82, 2.24) is 4.98 Å². The van der Waals surface area contributed by atoms with Gasteiger partial charge in [-0.15, -0.1) is 11.3 Å². The van der Waals surface area contributed by atoms with Crippen LogP contribution >= 0.6 is 11.3 Å². The normalized spacial score (nSPS) is 23.4. The Labute approximate surface area is 125 Å². The maximum absolute atomic E-state index is 13.1. The van der Waals surface area contributed by atoms with Crippen molar-refractivity contribution in [3.05, 3.63) is 23.2 Å². The summed E-state index contributed by atoms with van der Waals surface area (Å²) in [7, 11) is 0. The smallest absolute Gasteiger partial charge is 0.382 e. The van der Waals surface area contributed by atoms with Crippen molar-refractivity contribution >= 4 is 27.2 Å². The number of hydrogen-bond donors (Lipinski definition) is 1. The van der Waals surface area contributed by atoms with Gasteiger partial charge in [0.2, 0.25) is 0 Å². The molecule has 2 atom stereocenters. The van der Waals surface area contributed by atoms with E-state index < -0.39 is 18.1 Å². The predicted molar refractivity (Wildman–Crippen MR) is 79.8 cm³/mol. The molecule has 2 nitrogen and oxygen atoms in total. The van der Waals surface area contributed by atoms with Crippen molar-refractivity contribution < 1.29 is 13.2 Å². The molecule has 1 aliphatic rings. The Hall–Kier alpha value is -1.30. The van der Waals surface area contributed by atoms with Crippen LogP contribution < -0.4 is 5.32 Å². The van der Waals surface area contributed by atoms with Crippen LogP contribution in [0.3, 0.4) is 0 Å². The average Bonchev–Trinajstić information content (AvgIpc) is 2.77. The number of anilines is 1. The summed E-state index contributed by atoms with van der Waals surface area (Å²) in [4.78, 5) is 4.37. The second kappa shape index (κ2) is 5.48. The quantitative estimate of drug-likeness (QED) is 0.830. The maximum Gasteiger partial charge on any atom is 0.393 e. The number of fused-ring (bicyclic) bond motifs is 1. The van der Waals surface area contributed by atoms with Crippen LogP contribution in [-0.4, -0.2) is 17.2 Å². The zero-order chi connectivity index (χ0) is 15.0. The molecule has 6 heteroatoms. The van der Waals surface area contributed by atoms with Crippen LogP contribution in [0.2, 0.25) is 0 Å². The Morgan fingerprint density at radius 2 is 2.00 bits per heavy atom. The Balaban J connectivity index is 1.82. The van der Waals surface area contributed by atoms with Gasteiger partial charge in [-0.3, -0.25) is 0 Å². The third-order valence-corrected chi connectivity index (χ3v) is 4.97. The average molecular weight is 314 g/mol. The first-order valence-electron chi connectivity index (χ1n) is 7.14. The van der Waals surface area contributed by atoms with E-state index >= 15 is 0 Å². The van der Waals surface area contributed by atoms with Gasteiger partial charge < -0.3 is 5.32 Å². The highest BCUT2D eigenvalue weighted by molar-refractivity contribution is 7.18. The maximum atomic E-state index is 13.1. The van der Waals surface area contributed by atoms with Crippen molar-refractivity contribution in [2.24, 2.45) is 5.92 Å². The Bertz CT molecular complexity index is 635. The molecule has 0 bridgehead atoms.